The lowest BCUT2D eigenvalue weighted by atomic mass is 9.95. The molecule has 0 spiro atoms. The van der Waals surface area contributed by atoms with Crippen molar-refractivity contribution in [3.05, 3.63) is 107 Å². The smallest absolute Gasteiger partial charge is 0.300 e. The second-order valence-corrected chi connectivity index (χ2v) is 6.93. The first-order valence-electron chi connectivity index (χ1n) is 9.16. The first-order chi connectivity index (χ1) is 14.0. The quantitative estimate of drug-likeness (QED) is 0.400. The lowest BCUT2D eigenvalue weighted by molar-refractivity contribution is -0.132. The summed E-state index contributed by atoms with van der Waals surface area (Å²) in [6.07, 6.45) is 0. The summed E-state index contributed by atoms with van der Waals surface area (Å²) in [4.78, 5) is 27.2. The topological polar surface area (TPSA) is 57.6 Å². The standard InChI is InChI=1S/C24H18FNO3/c1-15-10-12-16(13-11-15)22(27)20-21(17-6-5-7-18(25)14-17)26(24(29)23(20)28)19-8-3-2-4-9-19/h2-14,21,27H,1H3/b22-20-. The van der Waals surface area contributed by atoms with Crippen molar-refractivity contribution in [1.29, 1.82) is 0 Å². The van der Waals surface area contributed by atoms with Gasteiger partial charge in [-0.05, 0) is 36.8 Å². The number of carbonyl (C=O) groups is 2. The predicted molar refractivity (Wildman–Crippen MR) is 109 cm³/mol. The lowest BCUT2D eigenvalue weighted by Crippen LogP contribution is -2.29. The normalized spacial score (nSPS) is 18.3. The maximum atomic E-state index is 14.0. The molecular formula is C24H18FNO3. The summed E-state index contributed by atoms with van der Waals surface area (Å²) in [6.45, 7) is 1.91. The molecule has 5 heteroatoms. The maximum Gasteiger partial charge on any atom is 0.300 e. The highest BCUT2D eigenvalue weighted by atomic mass is 19.1. The summed E-state index contributed by atoms with van der Waals surface area (Å²) in [7, 11) is 0. The molecule has 1 heterocycles. The summed E-state index contributed by atoms with van der Waals surface area (Å²) >= 11 is 0. The minimum absolute atomic E-state index is 0.0618. The molecule has 0 radical (unpaired) electrons. The predicted octanol–water partition coefficient (Wildman–Crippen LogP) is 4.76. The number of aliphatic hydroxyl groups excluding tert-OH is 1. The van der Waals surface area contributed by atoms with E-state index in [0.29, 0.717) is 16.8 Å². The summed E-state index contributed by atoms with van der Waals surface area (Å²) in [6, 6.07) is 20.4. The Labute approximate surface area is 167 Å². The van der Waals surface area contributed by atoms with Crippen LogP contribution < -0.4 is 4.90 Å². The molecule has 1 aliphatic heterocycles. The van der Waals surface area contributed by atoms with E-state index in [2.05, 4.69) is 0 Å². The molecule has 1 aliphatic rings. The molecule has 4 nitrogen and oxygen atoms in total. The number of para-hydroxylation sites is 1. The monoisotopic (exact) mass is 387 g/mol. The fourth-order valence-corrected chi connectivity index (χ4v) is 3.55. The van der Waals surface area contributed by atoms with Crippen molar-refractivity contribution in [2.45, 2.75) is 13.0 Å². The van der Waals surface area contributed by atoms with Crippen LogP contribution >= 0.6 is 0 Å². The van der Waals surface area contributed by atoms with Gasteiger partial charge in [0.15, 0.2) is 0 Å². The molecule has 1 unspecified atom stereocenters. The minimum atomic E-state index is -0.936. The molecule has 0 aliphatic carbocycles. The number of ketones is 1. The van der Waals surface area contributed by atoms with Crippen molar-refractivity contribution in [2.24, 2.45) is 0 Å². The van der Waals surface area contributed by atoms with Crippen LogP contribution in [0.4, 0.5) is 10.1 Å². The highest BCUT2D eigenvalue weighted by Gasteiger charge is 2.46. The highest BCUT2D eigenvalue weighted by molar-refractivity contribution is 6.51. The molecular weight excluding hydrogens is 369 g/mol. The third kappa shape index (κ3) is 3.31. The number of aryl methyl sites for hydroxylation is 1. The van der Waals surface area contributed by atoms with Gasteiger partial charge in [0.2, 0.25) is 0 Å². The molecule has 1 saturated heterocycles. The van der Waals surface area contributed by atoms with E-state index in [1.807, 2.05) is 6.92 Å². The third-order valence-electron chi connectivity index (χ3n) is 4.97. The molecule has 0 bridgehead atoms. The van der Waals surface area contributed by atoms with Gasteiger partial charge in [0.25, 0.3) is 11.7 Å². The average Bonchev–Trinajstić information content (AvgIpc) is 2.99. The van der Waals surface area contributed by atoms with Crippen molar-refractivity contribution in [3.8, 4) is 0 Å². The van der Waals surface area contributed by atoms with Crippen molar-refractivity contribution >= 4 is 23.1 Å². The zero-order chi connectivity index (χ0) is 20.5. The molecule has 144 valence electrons. The Hall–Kier alpha value is -3.73. The van der Waals surface area contributed by atoms with Crippen LogP contribution in [0.2, 0.25) is 0 Å². The van der Waals surface area contributed by atoms with Crippen molar-refractivity contribution in [1.82, 2.24) is 0 Å². The molecule has 1 N–H and O–H groups in total. The van der Waals surface area contributed by atoms with Crippen LogP contribution in [-0.4, -0.2) is 16.8 Å². The molecule has 0 saturated carbocycles. The van der Waals surface area contributed by atoms with Gasteiger partial charge in [-0.25, -0.2) is 4.39 Å². The number of carbonyl (C=O) groups excluding carboxylic acids is 2. The fourth-order valence-electron chi connectivity index (χ4n) is 3.55. The summed E-state index contributed by atoms with van der Waals surface area (Å²) in [5, 5.41) is 11.0. The number of halogens is 1. The van der Waals surface area contributed by atoms with E-state index in [1.54, 1.807) is 60.7 Å². The van der Waals surface area contributed by atoms with Gasteiger partial charge in [-0.3, -0.25) is 14.5 Å². The average molecular weight is 387 g/mol. The first-order valence-corrected chi connectivity index (χ1v) is 9.16. The zero-order valence-electron chi connectivity index (χ0n) is 15.7. The number of hydrogen-bond donors (Lipinski definition) is 1. The fraction of sp³-hybridized carbons (Fsp3) is 0.0833. The molecule has 0 aromatic heterocycles. The molecule has 1 atom stereocenters. The van der Waals surface area contributed by atoms with Crippen molar-refractivity contribution in [2.75, 3.05) is 4.90 Å². The lowest BCUT2D eigenvalue weighted by Gasteiger charge is -2.25. The van der Waals surface area contributed by atoms with Crippen LogP contribution in [0.15, 0.2) is 84.4 Å². The van der Waals surface area contributed by atoms with E-state index in [0.717, 1.165) is 5.56 Å². The Morgan fingerprint density at radius 3 is 2.28 bits per heavy atom. The van der Waals surface area contributed by atoms with Crippen molar-refractivity contribution in [3.63, 3.8) is 0 Å². The van der Waals surface area contributed by atoms with Crippen LogP contribution in [0, 0.1) is 12.7 Å². The van der Waals surface area contributed by atoms with Crippen molar-refractivity contribution < 1.29 is 19.1 Å². The van der Waals surface area contributed by atoms with E-state index in [1.165, 1.54) is 23.1 Å². The number of rotatable bonds is 3. The second kappa shape index (κ2) is 7.36. The second-order valence-electron chi connectivity index (χ2n) is 6.93. The van der Waals surface area contributed by atoms with E-state index < -0.39 is 23.5 Å². The van der Waals surface area contributed by atoms with Gasteiger partial charge in [0, 0.05) is 11.3 Å². The number of aliphatic hydroxyl groups is 1. The molecule has 29 heavy (non-hydrogen) atoms. The number of anilines is 1. The Kier molecular flexibility index (Phi) is 4.72. The van der Waals surface area contributed by atoms with E-state index in [9.17, 15) is 19.1 Å². The Morgan fingerprint density at radius 1 is 0.931 bits per heavy atom. The summed E-state index contributed by atoms with van der Waals surface area (Å²) < 4.78 is 14.0. The van der Waals surface area contributed by atoms with E-state index >= 15 is 0 Å². The van der Waals surface area contributed by atoms with Gasteiger partial charge < -0.3 is 5.11 Å². The Balaban J connectivity index is 1.95. The first kappa shape index (κ1) is 18.6. The number of hydrogen-bond acceptors (Lipinski definition) is 3. The number of amides is 1. The molecule has 3 aromatic carbocycles. The van der Waals surface area contributed by atoms with Gasteiger partial charge in [-0.1, -0.05) is 60.2 Å². The number of Topliss-reactive ketones (excluding diaryl/α,β-unsaturated/α-hetero) is 1. The zero-order valence-corrected chi connectivity index (χ0v) is 15.7. The molecule has 1 fully saturated rings. The highest BCUT2D eigenvalue weighted by Crippen LogP contribution is 2.42. The van der Waals surface area contributed by atoms with Crippen LogP contribution in [0.25, 0.3) is 5.76 Å². The summed E-state index contributed by atoms with van der Waals surface area (Å²) in [5.74, 6) is -2.34. The Bertz CT molecular complexity index is 1120. The van der Waals surface area contributed by atoms with Crippen LogP contribution in [-0.2, 0) is 9.59 Å². The Morgan fingerprint density at radius 2 is 1.62 bits per heavy atom. The van der Waals surface area contributed by atoms with Gasteiger partial charge in [-0.2, -0.15) is 0 Å². The van der Waals surface area contributed by atoms with Crippen LogP contribution in [0.5, 0.6) is 0 Å². The van der Waals surface area contributed by atoms with Gasteiger partial charge in [0.1, 0.15) is 11.6 Å². The largest absolute Gasteiger partial charge is 0.507 e. The van der Waals surface area contributed by atoms with E-state index in [-0.39, 0.29) is 11.3 Å². The minimum Gasteiger partial charge on any atom is -0.507 e. The van der Waals surface area contributed by atoms with Crippen LogP contribution in [0.3, 0.4) is 0 Å². The number of nitrogens with zero attached hydrogens (tertiary/aromatic N) is 1. The number of benzene rings is 3. The van der Waals surface area contributed by atoms with Crippen LogP contribution in [0.1, 0.15) is 22.7 Å². The molecule has 4 rings (SSSR count). The van der Waals surface area contributed by atoms with Gasteiger partial charge in [-0.15, -0.1) is 0 Å². The SMILES string of the molecule is Cc1ccc(/C(O)=C2/C(=O)C(=O)N(c3ccccc3)C2c2cccc(F)c2)cc1. The summed E-state index contributed by atoms with van der Waals surface area (Å²) in [5.41, 5.74) is 2.25. The third-order valence-corrected chi connectivity index (χ3v) is 4.97. The maximum absolute atomic E-state index is 14.0. The van der Waals surface area contributed by atoms with Gasteiger partial charge in [0.05, 0.1) is 11.6 Å². The van der Waals surface area contributed by atoms with Gasteiger partial charge >= 0.3 is 0 Å². The van der Waals surface area contributed by atoms with E-state index in [4.69, 9.17) is 0 Å². The molecule has 1 amide bonds. The molecule has 3 aromatic rings.